The normalized spacial score (nSPS) is 12.1. The number of thiophene rings is 1. The molecule has 0 saturated heterocycles. The van der Waals surface area contributed by atoms with Gasteiger partial charge in [0.15, 0.2) is 0 Å². The van der Waals surface area contributed by atoms with E-state index in [9.17, 15) is 4.79 Å². The summed E-state index contributed by atoms with van der Waals surface area (Å²) in [5.74, 6) is -0.0156. The molecule has 0 N–H and O–H groups in total. The van der Waals surface area contributed by atoms with Crippen molar-refractivity contribution in [3.8, 4) is 0 Å². The minimum atomic E-state index is -0.152. The van der Waals surface area contributed by atoms with Crippen molar-refractivity contribution in [1.29, 1.82) is 0 Å². The van der Waals surface area contributed by atoms with Gasteiger partial charge in [0, 0.05) is 34.4 Å². The Balaban J connectivity index is 1.77. The Morgan fingerprint density at radius 1 is 1.22 bits per heavy atom. The van der Waals surface area contributed by atoms with E-state index in [1.54, 1.807) is 17.5 Å². The molecule has 3 aromatic heterocycles. The molecule has 142 valence electrons. The molecule has 1 atom stereocenters. The van der Waals surface area contributed by atoms with Gasteiger partial charge in [-0.05, 0) is 50.6 Å². The maximum absolute atomic E-state index is 13.3. The fraction of sp³-hybridized carbons (Fsp3) is 0.381. The van der Waals surface area contributed by atoms with Crippen LogP contribution in [0, 0.1) is 26.7 Å². The lowest BCUT2D eigenvalue weighted by Crippen LogP contribution is -2.36. The number of rotatable bonds is 7. The summed E-state index contributed by atoms with van der Waals surface area (Å²) in [6, 6.07) is 10.2. The van der Waals surface area contributed by atoms with Crippen molar-refractivity contribution >= 4 is 17.2 Å². The first-order valence-electron chi connectivity index (χ1n) is 9.16. The summed E-state index contributed by atoms with van der Waals surface area (Å²) in [5.41, 5.74) is 3.10. The second kappa shape index (κ2) is 8.48. The van der Waals surface area contributed by atoms with Crippen LogP contribution in [0.25, 0.3) is 0 Å². The first kappa shape index (κ1) is 19.3. The van der Waals surface area contributed by atoms with E-state index in [-0.39, 0.29) is 11.8 Å². The van der Waals surface area contributed by atoms with E-state index in [4.69, 9.17) is 0 Å². The maximum atomic E-state index is 13.3. The molecule has 6 heteroatoms. The Labute approximate surface area is 164 Å². The Morgan fingerprint density at radius 2 is 2.04 bits per heavy atom. The van der Waals surface area contributed by atoms with E-state index in [0.717, 1.165) is 17.0 Å². The summed E-state index contributed by atoms with van der Waals surface area (Å²) >= 11 is 1.74. The highest BCUT2D eigenvalue weighted by Gasteiger charge is 2.23. The van der Waals surface area contributed by atoms with Crippen LogP contribution in [-0.4, -0.2) is 25.6 Å². The summed E-state index contributed by atoms with van der Waals surface area (Å²) in [4.78, 5) is 21.8. The van der Waals surface area contributed by atoms with Crippen LogP contribution in [0.15, 0.2) is 42.7 Å². The SMILES string of the molecule is Cc1cc(C)n(CC(C)C(=O)N(Cc2cccnc2)Cc2ccc(C)s2)n1. The first-order chi connectivity index (χ1) is 12.9. The molecule has 0 aromatic carbocycles. The minimum Gasteiger partial charge on any atom is -0.333 e. The molecule has 1 unspecified atom stereocenters. The average Bonchev–Trinajstić information content (AvgIpc) is 3.19. The van der Waals surface area contributed by atoms with E-state index in [2.05, 4.69) is 29.1 Å². The average molecular weight is 383 g/mol. The minimum absolute atomic E-state index is 0.137. The van der Waals surface area contributed by atoms with Crippen molar-refractivity contribution in [2.75, 3.05) is 0 Å². The number of aromatic nitrogens is 3. The predicted octanol–water partition coefficient (Wildman–Crippen LogP) is 4.13. The molecule has 0 aliphatic carbocycles. The number of carbonyl (C=O) groups excluding carboxylic acids is 1. The van der Waals surface area contributed by atoms with Gasteiger partial charge >= 0.3 is 0 Å². The van der Waals surface area contributed by atoms with Gasteiger partial charge in [-0.15, -0.1) is 11.3 Å². The molecule has 0 bridgehead atoms. The Hall–Kier alpha value is -2.47. The highest BCUT2D eigenvalue weighted by atomic mass is 32.1. The first-order valence-corrected chi connectivity index (χ1v) is 9.98. The number of amides is 1. The van der Waals surface area contributed by atoms with Crippen LogP contribution in [0.3, 0.4) is 0 Å². The smallest absolute Gasteiger partial charge is 0.227 e. The molecular formula is C21H26N4OS. The molecule has 3 aromatic rings. The van der Waals surface area contributed by atoms with Gasteiger partial charge < -0.3 is 4.90 Å². The lowest BCUT2D eigenvalue weighted by Gasteiger charge is -2.26. The Morgan fingerprint density at radius 3 is 2.63 bits per heavy atom. The van der Waals surface area contributed by atoms with Crippen molar-refractivity contribution in [3.05, 3.63) is 69.4 Å². The van der Waals surface area contributed by atoms with Crippen LogP contribution in [0.4, 0.5) is 0 Å². The number of nitrogens with zero attached hydrogens (tertiary/aromatic N) is 4. The van der Waals surface area contributed by atoms with Gasteiger partial charge in [0.2, 0.25) is 5.91 Å². The standard InChI is InChI=1S/C21H26N4OS/c1-15(12-25-17(3)10-16(2)23-25)21(26)24(13-19-6-5-9-22-11-19)14-20-8-7-18(4)27-20/h5-11,15H,12-14H2,1-4H3. The molecule has 5 nitrogen and oxygen atoms in total. The number of aryl methyl sites for hydroxylation is 3. The van der Waals surface area contributed by atoms with Crippen LogP contribution in [0.1, 0.15) is 33.6 Å². The molecule has 0 spiro atoms. The highest BCUT2D eigenvalue weighted by Crippen LogP contribution is 2.20. The van der Waals surface area contributed by atoms with E-state index >= 15 is 0 Å². The van der Waals surface area contributed by atoms with E-state index in [1.165, 1.54) is 9.75 Å². The third-order valence-electron chi connectivity index (χ3n) is 4.52. The second-order valence-corrected chi connectivity index (χ2v) is 8.45. The summed E-state index contributed by atoms with van der Waals surface area (Å²) in [6.07, 6.45) is 3.58. The molecule has 0 aliphatic heterocycles. The van der Waals surface area contributed by atoms with Crippen molar-refractivity contribution in [2.45, 2.75) is 47.3 Å². The van der Waals surface area contributed by atoms with Crippen molar-refractivity contribution in [1.82, 2.24) is 19.7 Å². The summed E-state index contributed by atoms with van der Waals surface area (Å²) in [6.45, 7) is 9.84. The van der Waals surface area contributed by atoms with Crippen molar-refractivity contribution in [3.63, 3.8) is 0 Å². The molecule has 3 heterocycles. The molecule has 0 saturated carbocycles. The van der Waals surface area contributed by atoms with E-state index < -0.39 is 0 Å². The number of carbonyl (C=O) groups is 1. The van der Waals surface area contributed by atoms with Gasteiger partial charge in [-0.3, -0.25) is 14.5 Å². The molecule has 1 amide bonds. The van der Waals surface area contributed by atoms with Crippen LogP contribution >= 0.6 is 11.3 Å². The van der Waals surface area contributed by atoms with E-state index in [0.29, 0.717) is 19.6 Å². The zero-order chi connectivity index (χ0) is 19.4. The van der Waals surface area contributed by atoms with E-state index in [1.807, 2.05) is 54.7 Å². The van der Waals surface area contributed by atoms with Crippen LogP contribution < -0.4 is 0 Å². The summed E-state index contributed by atoms with van der Waals surface area (Å²) < 4.78 is 1.93. The lowest BCUT2D eigenvalue weighted by atomic mass is 10.1. The zero-order valence-corrected chi connectivity index (χ0v) is 17.2. The van der Waals surface area contributed by atoms with Gasteiger partial charge in [0.1, 0.15) is 0 Å². The monoisotopic (exact) mass is 382 g/mol. The quantitative estimate of drug-likeness (QED) is 0.617. The molecule has 0 aliphatic rings. The molecule has 3 rings (SSSR count). The lowest BCUT2D eigenvalue weighted by molar-refractivity contribution is -0.136. The summed E-state index contributed by atoms with van der Waals surface area (Å²) in [7, 11) is 0. The fourth-order valence-corrected chi connectivity index (χ4v) is 4.10. The number of hydrogen-bond acceptors (Lipinski definition) is 4. The Kier molecular flexibility index (Phi) is 6.06. The number of hydrogen-bond donors (Lipinski definition) is 0. The van der Waals surface area contributed by atoms with Gasteiger partial charge in [-0.1, -0.05) is 13.0 Å². The maximum Gasteiger partial charge on any atom is 0.227 e. The van der Waals surface area contributed by atoms with Gasteiger partial charge in [-0.25, -0.2) is 0 Å². The number of pyridine rings is 1. The molecule has 27 heavy (non-hydrogen) atoms. The molecule has 0 fully saturated rings. The van der Waals surface area contributed by atoms with Crippen LogP contribution in [0.2, 0.25) is 0 Å². The third-order valence-corrected chi connectivity index (χ3v) is 5.51. The van der Waals surface area contributed by atoms with Crippen molar-refractivity contribution < 1.29 is 4.79 Å². The van der Waals surface area contributed by atoms with Crippen molar-refractivity contribution in [2.24, 2.45) is 5.92 Å². The second-order valence-electron chi connectivity index (χ2n) is 7.08. The van der Waals surface area contributed by atoms with Crippen LogP contribution in [-0.2, 0) is 24.4 Å². The largest absolute Gasteiger partial charge is 0.333 e. The summed E-state index contributed by atoms with van der Waals surface area (Å²) in [5, 5.41) is 4.50. The van der Waals surface area contributed by atoms with Gasteiger partial charge in [0.05, 0.1) is 24.7 Å². The molecular weight excluding hydrogens is 356 g/mol. The Bertz CT molecular complexity index is 900. The highest BCUT2D eigenvalue weighted by molar-refractivity contribution is 7.11. The zero-order valence-electron chi connectivity index (χ0n) is 16.3. The fourth-order valence-electron chi connectivity index (χ4n) is 3.19. The van der Waals surface area contributed by atoms with Gasteiger partial charge in [0.25, 0.3) is 0 Å². The molecule has 0 radical (unpaired) electrons. The third kappa shape index (κ3) is 5.04. The predicted molar refractivity (Wildman–Crippen MR) is 108 cm³/mol. The van der Waals surface area contributed by atoms with Crippen LogP contribution in [0.5, 0.6) is 0 Å². The van der Waals surface area contributed by atoms with Gasteiger partial charge in [-0.2, -0.15) is 5.10 Å². The topological polar surface area (TPSA) is 51.0 Å².